The van der Waals surface area contributed by atoms with Crippen LogP contribution in [0.2, 0.25) is 0 Å². The van der Waals surface area contributed by atoms with Crippen LogP contribution in [0.1, 0.15) is 21.5 Å². The summed E-state index contributed by atoms with van der Waals surface area (Å²) in [4.78, 5) is 25.0. The highest BCUT2D eigenvalue weighted by atomic mass is 32.2. The van der Waals surface area contributed by atoms with Crippen molar-refractivity contribution in [3.8, 4) is 5.75 Å². The number of amides is 1. The maximum Gasteiger partial charge on any atom is 0.243 e. The molecule has 0 unspecified atom stereocenters. The number of carbonyl (C=O) groups is 2. The van der Waals surface area contributed by atoms with Crippen LogP contribution in [0.4, 0.5) is 0 Å². The molecule has 8 nitrogen and oxygen atoms in total. The number of carbonyl (C=O) groups excluding carboxylic acids is 2. The molecule has 0 bridgehead atoms. The maximum atomic E-state index is 12.6. The smallest absolute Gasteiger partial charge is 0.243 e. The molecule has 2 heterocycles. The minimum Gasteiger partial charge on any atom is -0.485 e. The Balaban J connectivity index is 1.53. The molecular formula is C20H24N2O6S2. The van der Waals surface area contributed by atoms with E-state index in [0.29, 0.717) is 49.9 Å². The molecule has 0 spiro atoms. The molecule has 0 radical (unpaired) electrons. The van der Waals surface area contributed by atoms with Gasteiger partial charge in [0.15, 0.2) is 6.61 Å². The third-order valence-electron chi connectivity index (χ3n) is 4.48. The van der Waals surface area contributed by atoms with Crippen LogP contribution in [0.5, 0.6) is 5.75 Å². The molecule has 10 heteroatoms. The zero-order valence-corrected chi connectivity index (χ0v) is 18.3. The normalized spacial score (nSPS) is 15.0. The molecule has 1 N–H and O–H groups in total. The van der Waals surface area contributed by atoms with Crippen molar-refractivity contribution < 1.29 is 27.5 Å². The Morgan fingerprint density at radius 1 is 1.13 bits per heavy atom. The van der Waals surface area contributed by atoms with Crippen molar-refractivity contribution >= 4 is 33.1 Å². The number of thiophene rings is 1. The number of sulfonamides is 1. The van der Waals surface area contributed by atoms with Crippen molar-refractivity contribution in [2.24, 2.45) is 0 Å². The van der Waals surface area contributed by atoms with Gasteiger partial charge in [-0.1, -0.05) is 0 Å². The lowest BCUT2D eigenvalue weighted by Gasteiger charge is -2.26. The summed E-state index contributed by atoms with van der Waals surface area (Å²) in [6.07, 6.45) is 0.664. The number of ether oxygens (including phenoxy) is 2. The predicted molar refractivity (Wildman–Crippen MR) is 113 cm³/mol. The first-order valence-corrected chi connectivity index (χ1v) is 11.8. The molecule has 1 aliphatic rings. The van der Waals surface area contributed by atoms with Crippen molar-refractivity contribution in [3.63, 3.8) is 0 Å². The molecule has 2 aromatic rings. The average Bonchev–Trinajstić information content (AvgIpc) is 3.22. The molecule has 1 aromatic heterocycles. The summed E-state index contributed by atoms with van der Waals surface area (Å²) in [7, 11) is -3.56. The SMILES string of the molecule is CC(=O)NCCc1ccc(C(=O)COc2ccc(S(=O)(=O)N3CCOCC3)cc2)s1. The summed E-state index contributed by atoms with van der Waals surface area (Å²) in [6.45, 7) is 3.30. The first-order valence-electron chi connectivity index (χ1n) is 9.53. The lowest BCUT2D eigenvalue weighted by molar-refractivity contribution is -0.118. The van der Waals surface area contributed by atoms with Gasteiger partial charge in [0.1, 0.15) is 5.75 Å². The van der Waals surface area contributed by atoms with Crippen molar-refractivity contribution in [3.05, 3.63) is 46.2 Å². The van der Waals surface area contributed by atoms with Gasteiger partial charge >= 0.3 is 0 Å². The van der Waals surface area contributed by atoms with Crippen LogP contribution >= 0.6 is 11.3 Å². The van der Waals surface area contributed by atoms with Crippen molar-refractivity contribution in [1.82, 2.24) is 9.62 Å². The highest BCUT2D eigenvalue weighted by Crippen LogP contribution is 2.22. The minimum absolute atomic E-state index is 0.0833. The predicted octanol–water partition coefficient (Wildman–Crippen LogP) is 1.71. The monoisotopic (exact) mass is 452 g/mol. The van der Waals surface area contributed by atoms with E-state index in [-0.39, 0.29) is 23.2 Å². The van der Waals surface area contributed by atoms with Crippen LogP contribution in [0, 0.1) is 0 Å². The molecule has 0 saturated carbocycles. The Kier molecular flexibility index (Phi) is 7.59. The summed E-state index contributed by atoms with van der Waals surface area (Å²) in [5.41, 5.74) is 0. The Bertz CT molecular complexity index is 979. The van der Waals surface area contributed by atoms with Gasteiger partial charge in [0.25, 0.3) is 0 Å². The number of nitrogens with one attached hydrogen (secondary N) is 1. The number of nitrogens with zero attached hydrogens (tertiary/aromatic N) is 1. The molecule has 3 rings (SSSR count). The molecule has 162 valence electrons. The third-order valence-corrected chi connectivity index (χ3v) is 7.58. The van der Waals surface area contributed by atoms with Gasteiger partial charge in [0.2, 0.25) is 21.7 Å². The molecule has 1 aliphatic heterocycles. The highest BCUT2D eigenvalue weighted by Gasteiger charge is 2.26. The zero-order valence-electron chi connectivity index (χ0n) is 16.6. The van der Waals surface area contributed by atoms with Gasteiger partial charge in [0, 0.05) is 31.4 Å². The van der Waals surface area contributed by atoms with Gasteiger partial charge in [0.05, 0.1) is 23.0 Å². The fourth-order valence-electron chi connectivity index (χ4n) is 2.89. The Hall–Kier alpha value is -2.27. The van der Waals surface area contributed by atoms with Gasteiger partial charge < -0.3 is 14.8 Å². The van der Waals surface area contributed by atoms with Gasteiger partial charge in [-0.05, 0) is 42.8 Å². The number of ketones is 1. The number of Topliss-reactive ketones (excluding diaryl/α,β-unsaturated/α-hetero) is 1. The van der Waals surface area contributed by atoms with Crippen LogP contribution in [-0.4, -0.2) is 63.9 Å². The number of morpholine rings is 1. The van der Waals surface area contributed by atoms with E-state index in [9.17, 15) is 18.0 Å². The number of rotatable bonds is 9. The quantitative estimate of drug-likeness (QED) is 0.581. The first-order chi connectivity index (χ1) is 14.4. The van der Waals surface area contributed by atoms with Crippen molar-refractivity contribution in [2.75, 3.05) is 39.5 Å². The summed E-state index contributed by atoms with van der Waals surface area (Å²) in [6, 6.07) is 9.68. The number of benzene rings is 1. The molecular weight excluding hydrogens is 428 g/mol. The Labute approximate surface area is 179 Å². The van der Waals surface area contributed by atoms with E-state index < -0.39 is 10.0 Å². The molecule has 1 fully saturated rings. The molecule has 0 aliphatic carbocycles. The summed E-state index contributed by atoms with van der Waals surface area (Å²) >= 11 is 1.37. The van der Waals surface area contributed by atoms with E-state index in [1.807, 2.05) is 6.07 Å². The average molecular weight is 453 g/mol. The molecule has 1 aromatic carbocycles. The van der Waals surface area contributed by atoms with E-state index in [2.05, 4.69) is 5.32 Å². The second-order valence-corrected chi connectivity index (χ2v) is 9.80. The van der Waals surface area contributed by atoms with Gasteiger partial charge in [-0.15, -0.1) is 11.3 Å². The lowest BCUT2D eigenvalue weighted by atomic mass is 10.3. The summed E-state index contributed by atoms with van der Waals surface area (Å²) < 4.78 is 37.4. The fraction of sp³-hybridized carbons (Fsp3) is 0.400. The van der Waals surface area contributed by atoms with Crippen molar-refractivity contribution in [1.29, 1.82) is 0 Å². The van der Waals surface area contributed by atoms with E-state index in [1.165, 1.54) is 34.7 Å². The van der Waals surface area contributed by atoms with E-state index >= 15 is 0 Å². The number of hydrogen-bond donors (Lipinski definition) is 1. The van der Waals surface area contributed by atoms with Crippen LogP contribution in [0.15, 0.2) is 41.3 Å². The van der Waals surface area contributed by atoms with Crippen LogP contribution in [0.3, 0.4) is 0 Å². The summed E-state index contributed by atoms with van der Waals surface area (Å²) in [5.74, 6) is 0.183. The van der Waals surface area contributed by atoms with Gasteiger partial charge in [-0.2, -0.15) is 4.31 Å². The topological polar surface area (TPSA) is 102 Å². The van der Waals surface area contributed by atoms with E-state index in [0.717, 1.165) is 4.88 Å². The van der Waals surface area contributed by atoms with Crippen LogP contribution < -0.4 is 10.1 Å². The van der Waals surface area contributed by atoms with Gasteiger partial charge in [-0.25, -0.2) is 8.42 Å². The second-order valence-electron chi connectivity index (χ2n) is 6.70. The largest absolute Gasteiger partial charge is 0.485 e. The maximum absolute atomic E-state index is 12.6. The summed E-state index contributed by atoms with van der Waals surface area (Å²) in [5, 5.41) is 2.72. The molecule has 1 saturated heterocycles. The van der Waals surface area contributed by atoms with Crippen LogP contribution in [-0.2, 0) is 26.0 Å². The van der Waals surface area contributed by atoms with Crippen molar-refractivity contribution in [2.45, 2.75) is 18.2 Å². The van der Waals surface area contributed by atoms with E-state index in [1.54, 1.807) is 18.2 Å². The lowest BCUT2D eigenvalue weighted by Crippen LogP contribution is -2.40. The third kappa shape index (κ3) is 5.88. The molecule has 1 amide bonds. The Morgan fingerprint density at radius 2 is 1.83 bits per heavy atom. The zero-order chi connectivity index (χ0) is 21.6. The van der Waals surface area contributed by atoms with Gasteiger partial charge in [-0.3, -0.25) is 9.59 Å². The number of hydrogen-bond acceptors (Lipinski definition) is 7. The highest BCUT2D eigenvalue weighted by molar-refractivity contribution is 7.89. The standard InChI is InChI=1S/C20H24N2O6S2/c1-15(23)21-9-8-17-4-7-20(29-17)19(24)14-28-16-2-5-18(6-3-16)30(25,26)22-10-12-27-13-11-22/h2-7H,8-14H2,1H3,(H,21,23). The first kappa shape index (κ1) is 22.4. The minimum atomic E-state index is -3.56. The van der Waals surface area contributed by atoms with Crippen LogP contribution in [0.25, 0.3) is 0 Å². The fourth-order valence-corrected chi connectivity index (χ4v) is 5.23. The molecule has 0 atom stereocenters. The second kappa shape index (κ2) is 10.2. The van der Waals surface area contributed by atoms with E-state index in [4.69, 9.17) is 9.47 Å². The Morgan fingerprint density at radius 3 is 2.50 bits per heavy atom. The molecule has 30 heavy (non-hydrogen) atoms.